The van der Waals surface area contributed by atoms with E-state index in [1.807, 2.05) is 30.0 Å². The minimum Gasteiger partial charge on any atom is -0.339 e. The molecule has 1 saturated heterocycles. The summed E-state index contributed by atoms with van der Waals surface area (Å²) in [6.07, 6.45) is 2.14. The summed E-state index contributed by atoms with van der Waals surface area (Å²) in [4.78, 5) is 14.4. The summed E-state index contributed by atoms with van der Waals surface area (Å²) in [5, 5.41) is 3.94. The van der Waals surface area contributed by atoms with Crippen molar-refractivity contribution < 1.29 is 4.79 Å². The van der Waals surface area contributed by atoms with Crippen LogP contribution in [0.25, 0.3) is 0 Å². The van der Waals surface area contributed by atoms with Gasteiger partial charge in [0, 0.05) is 13.1 Å². The molecule has 1 aromatic carbocycles. The Morgan fingerprint density at radius 1 is 1.38 bits per heavy atom. The van der Waals surface area contributed by atoms with Crippen LogP contribution in [-0.2, 0) is 0 Å². The lowest BCUT2D eigenvalue weighted by atomic mass is 9.96. The van der Waals surface area contributed by atoms with E-state index in [2.05, 4.69) is 12.2 Å². The van der Waals surface area contributed by atoms with Gasteiger partial charge in [0.2, 0.25) is 0 Å². The summed E-state index contributed by atoms with van der Waals surface area (Å²) in [5.74, 6) is 0.754. The minimum atomic E-state index is 0. The van der Waals surface area contributed by atoms with Gasteiger partial charge >= 0.3 is 0 Å². The van der Waals surface area contributed by atoms with Crippen LogP contribution in [0.15, 0.2) is 18.2 Å². The van der Waals surface area contributed by atoms with Gasteiger partial charge in [-0.15, -0.1) is 12.4 Å². The summed E-state index contributed by atoms with van der Waals surface area (Å²) in [5.41, 5.74) is 1.71. The third-order valence-electron chi connectivity index (χ3n) is 3.94. The Kier molecular flexibility index (Phi) is 7.50. The van der Waals surface area contributed by atoms with Crippen molar-refractivity contribution in [2.45, 2.75) is 26.7 Å². The predicted octanol–water partition coefficient (Wildman–Crippen LogP) is 3.53. The van der Waals surface area contributed by atoms with Gasteiger partial charge in [0.15, 0.2) is 0 Å². The Hall–Kier alpha value is -0.770. The Morgan fingerprint density at radius 2 is 2.05 bits per heavy atom. The molecule has 1 heterocycles. The highest BCUT2D eigenvalue weighted by Crippen LogP contribution is 2.23. The molecule has 1 aliphatic heterocycles. The van der Waals surface area contributed by atoms with Crippen molar-refractivity contribution in [2.75, 3.05) is 26.2 Å². The van der Waals surface area contributed by atoms with Crippen LogP contribution in [0.3, 0.4) is 0 Å². The number of rotatable bonds is 4. The number of nitrogens with one attached hydrogen (secondary N) is 1. The molecule has 21 heavy (non-hydrogen) atoms. The van der Waals surface area contributed by atoms with Crippen molar-refractivity contribution in [1.29, 1.82) is 0 Å². The summed E-state index contributed by atoms with van der Waals surface area (Å²) in [6.45, 7) is 7.84. The molecule has 1 aromatic rings. The number of carbonyl (C=O) groups excluding carboxylic acids is 1. The maximum Gasteiger partial charge on any atom is 0.255 e. The van der Waals surface area contributed by atoms with Gasteiger partial charge in [0.05, 0.1) is 10.6 Å². The molecule has 0 bridgehead atoms. The molecule has 118 valence electrons. The third-order valence-corrected chi connectivity index (χ3v) is 4.25. The Morgan fingerprint density at radius 3 is 2.62 bits per heavy atom. The van der Waals surface area contributed by atoms with Gasteiger partial charge in [-0.1, -0.05) is 24.6 Å². The fourth-order valence-electron chi connectivity index (χ4n) is 2.65. The number of hydrogen-bond donors (Lipinski definition) is 1. The maximum atomic E-state index is 12.5. The highest BCUT2D eigenvalue weighted by Gasteiger charge is 2.24. The van der Waals surface area contributed by atoms with E-state index in [1.165, 1.54) is 0 Å². The fourth-order valence-corrected chi connectivity index (χ4v) is 2.97. The SMILES string of the molecule is CCNCC1CCN(C(=O)c2ccc(C)cc2Cl)CC1.Cl. The van der Waals surface area contributed by atoms with Gasteiger partial charge in [0.1, 0.15) is 0 Å². The zero-order valence-electron chi connectivity index (χ0n) is 12.7. The van der Waals surface area contributed by atoms with E-state index in [1.54, 1.807) is 0 Å². The van der Waals surface area contributed by atoms with E-state index in [-0.39, 0.29) is 18.3 Å². The third kappa shape index (κ3) is 4.87. The highest BCUT2D eigenvalue weighted by molar-refractivity contribution is 6.33. The molecule has 5 heteroatoms. The molecule has 0 aromatic heterocycles. The Bertz CT molecular complexity index is 471. The smallest absolute Gasteiger partial charge is 0.255 e. The highest BCUT2D eigenvalue weighted by atomic mass is 35.5. The second kappa shape index (κ2) is 8.62. The molecular formula is C16H24Cl2N2O. The normalized spacial score (nSPS) is 15.7. The number of nitrogens with zero attached hydrogens (tertiary/aromatic N) is 1. The molecule has 2 rings (SSSR count). The lowest BCUT2D eigenvalue weighted by Crippen LogP contribution is -2.40. The van der Waals surface area contributed by atoms with E-state index in [9.17, 15) is 4.79 Å². The number of hydrogen-bond acceptors (Lipinski definition) is 2. The molecule has 0 atom stereocenters. The number of halogens is 2. The van der Waals surface area contributed by atoms with Crippen molar-refractivity contribution in [3.8, 4) is 0 Å². The first-order valence-electron chi connectivity index (χ1n) is 7.38. The van der Waals surface area contributed by atoms with Crippen LogP contribution in [0.2, 0.25) is 5.02 Å². The van der Waals surface area contributed by atoms with E-state index < -0.39 is 0 Å². The quantitative estimate of drug-likeness (QED) is 0.915. The summed E-state index contributed by atoms with van der Waals surface area (Å²) in [7, 11) is 0. The van der Waals surface area contributed by atoms with Crippen LogP contribution < -0.4 is 5.32 Å². The number of likely N-dealkylation sites (tertiary alicyclic amines) is 1. The van der Waals surface area contributed by atoms with Gasteiger partial charge in [-0.3, -0.25) is 4.79 Å². The van der Waals surface area contributed by atoms with Gasteiger partial charge < -0.3 is 10.2 Å². The zero-order valence-corrected chi connectivity index (χ0v) is 14.3. The molecule has 0 spiro atoms. The lowest BCUT2D eigenvalue weighted by molar-refractivity contribution is 0.0690. The van der Waals surface area contributed by atoms with E-state index >= 15 is 0 Å². The Balaban J connectivity index is 0.00000220. The lowest BCUT2D eigenvalue weighted by Gasteiger charge is -2.32. The Labute approximate surface area is 138 Å². The molecule has 0 saturated carbocycles. The van der Waals surface area contributed by atoms with Crippen molar-refractivity contribution in [2.24, 2.45) is 5.92 Å². The van der Waals surface area contributed by atoms with E-state index in [4.69, 9.17) is 11.6 Å². The van der Waals surface area contributed by atoms with Gasteiger partial charge in [-0.05, 0) is 56.5 Å². The van der Waals surface area contributed by atoms with Crippen LogP contribution in [-0.4, -0.2) is 37.0 Å². The van der Waals surface area contributed by atoms with Crippen LogP contribution >= 0.6 is 24.0 Å². The van der Waals surface area contributed by atoms with Crippen molar-refractivity contribution in [3.05, 3.63) is 34.3 Å². The second-order valence-corrected chi connectivity index (χ2v) is 5.93. The summed E-state index contributed by atoms with van der Waals surface area (Å²) < 4.78 is 0. The average Bonchev–Trinajstić information content (AvgIpc) is 2.45. The van der Waals surface area contributed by atoms with E-state index in [0.717, 1.165) is 44.6 Å². The molecule has 0 aliphatic carbocycles. The van der Waals surface area contributed by atoms with Crippen molar-refractivity contribution in [3.63, 3.8) is 0 Å². The maximum absolute atomic E-state index is 12.5. The van der Waals surface area contributed by atoms with Gasteiger partial charge in [-0.25, -0.2) is 0 Å². The van der Waals surface area contributed by atoms with Crippen LogP contribution in [0.5, 0.6) is 0 Å². The number of aryl methyl sites for hydroxylation is 1. The molecule has 1 fully saturated rings. The van der Waals surface area contributed by atoms with Crippen LogP contribution in [0.4, 0.5) is 0 Å². The zero-order chi connectivity index (χ0) is 14.5. The molecule has 3 nitrogen and oxygen atoms in total. The second-order valence-electron chi connectivity index (χ2n) is 5.53. The van der Waals surface area contributed by atoms with Crippen LogP contribution in [0.1, 0.15) is 35.7 Å². The first kappa shape index (κ1) is 18.3. The van der Waals surface area contributed by atoms with Gasteiger partial charge in [-0.2, -0.15) is 0 Å². The number of carbonyl (C=O) groups is 1. The first-order chi connectivity index (χ1) is 9.61. The first-order valence-corrected chi connectivity index (χ1v) is 7.75. The van der Waals surface area contributed by atoms with Crippen LogP contribution in [0, 0.1) is 12.8 Å². The largest absolute Gasteiger partial charge is 0.339 e. The van der Waals surface area contributed by atoms with Crippen molar-refractivity contribution >= 4 is 29.9 Å². The summed E-state index contributed by atoms with van der Waals surface area (Å²) in [6, 6.07) is 5.63. The molecule has 0 unspecified atom stereocenters. The standard InChI is InChI=1S/C16H23ClN2O.ClH/c1-3-18-11-13-6-8-19(9-7-13)16(20)14-5-4-12(2)10-15(14)17;/h4-5,10,13,18H,3,6-9,11H2,1-2H3;1H. The minimum absolute atomic E-state index is 0. The monoisotopic (exact) mass is 330 g/mol. The molecule has 1 aliphatic rings. The molecule has 0 radical (unpaired) electrons. The molecule has 1 N–H and O–H groups in total. The molecule has 1 amide bonds. The predicted molar refractivity (Wildman–Crippen MR) is 90.6 cm³/mol. The number of benzene rings is 1. The topological polar surface area (TPSA) is 32.3 Å². The molecular weight excluding hydrogens is 307 g/mol. The van der Waals surface area contributed by atoms with E-state index in [0.29, 0.717) is 16.5 Å². The number of amides is 1. The van der Waals surface area contributed by atoms with Gasteiger partial charge in [0.25, 0.3) is 5.91 Å². The average molecular weight is 331 g/mol. The van der Waals surface area contributed by atoms with Crippen molar-refractivity contribution in [1.82, 2.24) is 10.2 Å². The number of piperidine rings is 1. The fraction of sp³-hybridized carbons (Fsp3) is 0.562. The summed E-state index contributed by atoms with van der Waals surface area (Å²) >= 11 is 6.18.